The molecule has 0 spiro atoms. The number of aliphatic hydroxyl groups is 4. The standard InChI is InChI=1S/C25H31F3N4O7S/c1-12-2-5-31(12)23(36)22(25(37)3-6-38-7-4-25)40-24-21(35)19(20(34)17(11-33)39-24)32-10-16(29-30-32)13-8-14(26)18(28)15(27)9-13/h8-10,12,17,19-22,24,33-35,37H,2-7,11H2,1H3/t12?,17-,19+,20+,21-,22?,24+/m1/s1. The van der Waals surface area contributed by atoms with Gasteiger partial charge < -0.3 is 34.8 Å². The third-order valence-corrected chi connectivity index (χ3v) is 9.46. The molecule has 4 N–H and O–H groups in total. The average molecular weight is 589 g/mol. The molecule has 4 heterocycles. The van der Waals surface area contributed by atoms with E-state index < -0.39 is 64.7 Å². The number of aromatic nitrogens is 3. The second-order valence-corrected chi connectivity index (χ2v) is 11.6. The van der Waals surface area contributed by atoms with E-state index in [0.717, 1.165) is 35.0 Å². The molecule has 3 aliphatic heterocycles. The summed E-state index contributed by atoms with van der Waals surface area (Å²) in [5, 5.41) is 50.5. The highest BCUT2D eigenvalue weighted by Gasteiger charge is 2.52. The predicted molar refractivity (Wildman–Crippen MR) is 134 cm³/mol. The van der Waals surface area contributed by atoms with Crippen molar-refractivity contribution in [1.29, 1.82) is 0 Å². The molecule has 1 aromatic carbocycles. The molecule has 0 radical (unpaired) electrons. The first-order valence-electron chi connectivity index (χ1n) is 13.0. The van der Waals surface area contributed by atoms with Crippen LogP contribution in [0.2, 0.25) is 0 Å². The number of carbonyl (C=O) groups excluding carboxylic acids is 1. The van der Waals surface area contributed by atoms with Crippen molar-refractivity contribution >= 4 is 17.7 Å². The lowest BCUT2D eigenvalue weighted by atomic mass is 9.88. The Morgan fingerprint density at radius 3 is 2.45 bits per heavy atom. The Balaban J connectivity index is 1.44. The minimum absolute atomic E-state index is 0.00861. The SMILES string of the molecule is CC1CCN1C(=O)C(S[C@@H]1O[C@H](CO)[C@H](O)[C@H](n2cc(-c3cc(F)c(F)c(F)c3)nn2)[C@H]1O)C1(O)CCOCC1. The smallest absolute Gasteiger partial charge is 0.238 e. The first-order chi connectivity index (χ1) is 19.0. The molecule has 7 atom stereocenters. The molecule has 3 saturated heterocycles. The Labute approximate surface area is 231 Å². The average Bonchev–Trinajstić information content (AvgIpc) is 3.40. The first kappa shape index (κ1) is 29.2. The van der Waals surface area contributed by atoms with Crippen molar-refractivity contribution in [3.05, 3.63) is 35.8 Å². The monoisotopic (exact) mass is 588 g/mol. The van der Waals surface area contributed by atoms with E-state index >= 15 is 0 Å². The van der Waals surface area contributed by atoms with Gasteiger partial charge in [0.15, 0.2) is 17.5 Å². The molecule has 5 rings (SSSR count). The van der Waals surface area contributed by atoms with Crippen molar-refractivity contribution in [2.75, 3.05) is 26.4 Å². The summed E-state index contributed by atoms with van der Waals surface area (Å²) in [6.07, 6.45) is -1.81. The van der Waals surface area contributed by atoms with Gasteiger partial charge in [0.05, 0.1) is 18.4 Å². The third-order valence-electron chi connectivity index (χ3n) is 7.89. The number of nitrogens with zero attached hydrogens (tertiary/aromatic N) is 4. The van der Waals surface area contributed by atoms with E-state index in [1.165, 1.54) is 6.20 Å². The Morgan fingerprint density at radius 2 is 1.88 bits per heavy atom. The fourth-order valence-corrected chi connectivity index (χ4v) is 6.82. The molecule has 2 aromatic rings. The summed E-state index contributed by atoms with van der Waals surface area (Å²) in [6.45, 7) is 2.29. The molecule has 1 amide bonds. The highest BCUT2D eigenvalue weighted by molar-refractivity contribution is 8.01. The molecular weight excluding hydrogens is 557 g/mol. The van der Waals surface area contributed by atoms with Crippen LogP contribution in [0.15, 0.2) is 18.3 Å². The summed E-state index contributed by atoms with van der Waals surface area (Å²) < 4.78 is 53.3. The summed E-state index contributed by atoms with van der Waals surface area (Å²) >= 11 is 0.902. The number of likely N-dealkylation sites (tertiary alicyclic amines) is 1. The minimum Gasteiger partial charge on any atom is -0.394 e. The molecule has 220 valence electrons. The molecule has 3 fully saturated rings. The van der Waals surface area contributed by atoms with E-state index in [0.29, 0.717) is 6.54 Å². The van der Waals surface area contributed by atoms with Crippen LogP contribution < -0.4 is 0 Å². The maximum absolute atomic E-state index is 13.8. The minimum atomic E-state index is -1.64. The number of carbonyl (C=O) groups is 1. The molecule has 0 aliphatic carbocycles. The van der Waals surface area contributed by atoms with Crippen LogP contribution in [0.4, 0.5) is 13.2 Å². The van der Waals surface area contributed by atoms with Crippen LogP contribution in [0.1, 0.15) is 32.2 Å². The molecular formula is C25H31F3N4O7S. The van der Waals surface area contributed by atoms with Crippen molar-refractivity contribution in [3.8, 4) is 11.3 Å². The lowest BCUT2D eigenvalue weighted by Gasteiger charge is -2.48. The van der Waals surface area contributed by atoms with Gasteiger partial charge in [-0.1, -0.05) is 5.21 Å². The summed E-state index contributed by atoms with van der Waals surface area (Å²) in [5.41, 5.74) is -2.84. The highest BCUT2D eigenvalue weighted by atomic mass is 32.2. The van der Waals surface area contributed by atoms with Gasteiger partial charge in [0.25, 0.3) is 0 Å². The fraction of sp³-hybridized carbons (Fsp3) is 0.640. The van der Waals surface area contributed by atoms with Crippen LogP contribution in [-0.2, 0) is 14.3 Å². The van der Waals surface area contributed by atoms with E-state index in [1.807, 2.05) is 6.92 Å². The van der Waals surface area contributed by atoms with Crippen LogP contribution in [0, 0.1) is 17.5 Å². The molecule has 0 saturated carbocycles. The van der Waals surface area contributed by atoms with Crippen LogP contribution in [0.5, 0.6) is 0 Å². The molecule has 15 heteroatoms. The van der Waals surface area contributed by atoms with Crippen molar-refractivity contribution in [1.82, 2.24) is 19.9 Å². The molecule has 2 unspecified atom stereocenters. The quantitative estimate of drug-likeness (QED) is 0.339. The number of benzene rings is 1. The van der Waals surface area contributed by atoms with Gasteiger partial charge in [-0.25, -0.2) is 17.9 Å². The highest BCUT2D eigenvalue weighted by Crippen LogP contribution is 2.43. The van der Waals surface area contributed by atoms with Crippen molar-refractivity contribution in [2.24, 2.45) is 0 Å². The number of halogens is 3. The lowest BCUT2D eigenvalue weighted by molar-refractivity contribution is -0.179. The van der Waals surface area contributed by atoms with Crippen LogP contribution in [0.3, 0.4) is 0 Å². The van der Waals surface area contributed by atoms with E-state index in [4.69, 9.17) is 9.47 Å². The van der Waals surface area contributed by atoms with Crippen molar-refractivity contribution in [3.63, 3.8) is 0 Å². The van der Waals surface area contributed by atoms with Crippen molar-refractivity contribution < 1.29 is 47.9 Å². The van der Waals surface area contributed by atoms with Crippen LogP contribution >= 0.6 is 11.8 Å². The number of rotatable bonds is 7. The zero-order valence-corrected chi connectivity index (χ0v) is 22.4. The van der Waals surface area contributed by atoms with Gasteiger partial charge in [0, 0.05) is 44.2 Å². The van der Waals surface area contributed by atoms with Crippen LogP contribution in [-0.4, -0.2) is 113 Å². The lowest BCUT2D eigenvalue weighted by Crippen LogP contribution is -2.61. The van der Waals surface area contributed by atoms with E-state index in [2.05, 4.69) is 10.3 Å². The Hall–Kier alpha value is -2.27. The topological polar surface area (TPSA) is 150 Å². The van der Waals surface area contributed by atoms with Crippen LogP contribution in [0.25, 0.3) is 11.3 Å². The molecule has 40 heavy (non-hydrogen) atoms. The summed E-state index contributed by atoms with van der Waals surface area (Å²) in [4.78, 5) is 15.2. The largest absolute Gasteiger partial charge is 0.394 e. The van der Waals surface area contributed by atoms with E-state index in [1.54, 1.807) is 4.90 Å². The number of amides is 1. The maximum atomic E-state index is 13.8. The predicted octanol–water partition coefficient (Wildman–Crippen LogP) is 0.607. The number of thioether (sulfide) groups is 1. The molecule has 1 aromatic heterocycles. The normalized spacial score (nSPS) is 31.1. The second-order valence-electron chi connectivity index (χ2n) is 10.4. The molecule has 11 nitrogen and oxygen atoms in total. The zero-order chi connectivity index (χ0) is 28.8. The Morgan fingerprint density at radius 1 is 1.20 bits per heavy atom. The van der Waals surface area contributed by atoms with E-state index in [-0.39, 0.29) is 49.3 Å². The number of aliphatic hydroxyl groups excluding tert-OH is 3. The summed E-state index contributed by atoms with van der Waals surface area (Å²) in [5.74, 6) is -4.80. The van der Waals surface area contributed by atoms with Gasteiger partial charge in [-0.2, -0.15) is 0 Å². The number of ether oxygens (including phenoxy) is 2. The number of hydrogen-bond donors (Lipinski definition) is 4. The van der Waals surface area contributed by atoms with Gasteiger partial charge in [-0.3, -0.25) is 4.79 Å². The molecule has 0 bridgehead atoms. The molecule has 3 aliphatic rings. The summed E-state index contributed by atoms with van der Waals surface area (Å²) in [7, 11) is 0. The maximum Gasteiger partial charge on any atom is 0.238 e. The zero-order valence-electron chi connectivity index (χ0n) is 21.6. The number of hydrogen-bond acceptors (Lipinski definition) is 10. The summed E-state index contributed by atoms with van der Waals surface area (Å²) in [6, 6.07) is 0.203. The second kappa shape index (κ2) is 11.5. The van der Waals surface area contributed by atoms with E-state index in [9.17, 15) is 38.4 Å². The fourth-order valence-electron chi connectivity index (χ4n) is 5.28. The van der Waals surface area contributed by atoms with Gasteiger partial charge in [-0.15, -0.1) is 16.9 Å². The van der Waals surface area contributed by atoms with Gasteiger partial charge in [-0.05, 0) is 25.5 Å². The van der Waals surface area contributed by atoms with Crippen molar-refractivity contribution in [2.45, 2.75) is 72.9 Å². The third kappa shape index (κ3) is 5.35. The Bertz CT molecular complexity index is 1210. The Kier molecular flexibility index (Phi) is 8.44. The van der Waals surface area contributed by atoms with Gasteiger partial charge >= 0.3 is 0 Å². The van der Waals surface area contributed by atoms with Gasteiger partial charge in [0.1, 0.15) is 40.7 Å². The first-order valence-corrected chi connectivity index (χ1v) is 13.9. The van der Waals surface area contributed by atoms with Gasteiger partial charge in [0.2, 0.25) is 5.91 Å².